The molecule has 0 saturated carbocycles. The average Bonchev–Trinajstić information content (AvgIpc) is 3.21. The quantitative estimate of drug-likeness (QED) is 0.144. The van der Waals surface area contributed by atoms with Gasteiger partial charge in [-0.1, -0.05) is 60.2 Å². The molecule has 0 bridgehead atoms. The van der Waals surface area contributed by atoms with Crippen molar-refractivity contribution in [1.29, 1.82) is 0 Å². The summed E-state index contributed by atoms with van der Waals surface area (Å²) in [5.41, 5.74) is 2.00. The molecule has 4 aromatic carbocycles. The van der Waals surface area contributed by atoms with Crippen LogP contribution >= 0.6 is 11.8 Å². The monoisotopic (exact) mass is 539 g/mol. The van der Waals surface area contributed by atoms with E-state index in [1.807, 2.05) is 55.5 Å². The second-order valence-electron chi connectivity index (χ2n) is 8.83. The van der Waals surface area contributed by atoms with Gasteiger partial charge in [-0.05, 0) is 66.0 Å². The number of carbonyl (C=O) groups is 3. The molecule has 1 saturated heterocycles. The second-order valence-corrected chi connectivity index (χ2v) is 9.82. The first-order valence-corrected chi connectivity index (χ1v) is 13.1. The van der Waals surface area contributed by atoms with E-state index in [9.17, 15) is 14.4 Å². The number of imide groups is 1. The zero-order valence-electron chi connectivity index (χ0n) is 21.4. The van der Waals surface area contributed by atoms with Crippen molar-refractivity contribution in [2.75, 3.05) is 20.3 Å². The molecule has 0 atom stereocenters. The molecule has 1 fully saturated rings. The Balaban J connectivity index is 1.25. The van der Waals surface area contributed by atoms with Crippen LogP contribution in [0.15, 0.2) is 89.8 Å². The topological polar surface area (TPSA) is 82.1 Å². The molecule has 39 heavy (non-hydrogen) atoms. The Hall–Kier alpha value is -4.56. The van der Waals surface area contributed by atoms with Crippen molar-refractivity contribution in [2.45, 2.75) is 6.92 Å². The van der Waals surface area contributed by atoms with E-state index in [-0.39, 0.29) is 35.0 Å². The molecule has 4 aromatic rings. The number of hydrogen-bond acceptors (Lipinski definition) is 7. The summed E-state index contributed by atoms with van der Waals surface area (Å²) in [5.74, 6) is 0.384. The fraction of sp³-hybridized carbons (Fsp3) is 0.129. The Morgan fingerprint density at radius 3 is 2.51 bits per heavy atom. The van der Waals surface area contributed by atoms with Crippen molar-refractivity contribution < 1.29 is 28.6 Å². The second kappa shape index (κ2) is 11.4. The normalized spacial score (nSPS) is 14.2. The number of thioether (sulfide) groups is 1. The maximum absolute atomic E-state index is 13.0. The van der Waals surface area contributed by atoms with E-state index in [0.717, 1.165) is 28.1 Å². The molecule has 1 aliphatic rings. The lowest BCUT2D eigenvalue weighted by Crippen LogP contribution is -2.32. The minimum absolute atomic E-state index is 0.127. The Bertz CT molecular complexity index is 1610. The van der Waals surface area contributed by atoms with E-state index in [0.29, 0.717) is 22.6 Å². The van der Waals surface area contributed by atoms with Crippen LogP contribution in [0.5, 0.6) is 17.2 Å². The standard InChI is InChI=1S/C31H25NO6S/c1-20-7-5-10-23(17-20)30(34)38-26-14-13-21(18-27(26)36-2)19-28-29(33)32(31(35)39-28)15-16-37-25-12-6-9-22-8-3-4-11-24(22)25/h3-14,17-19H,15-16H2,1-2H3/b28-19-. The zero-order chi connectivity index (χ0) is 27.4. The Morgan fingerprint density at radius 1 is 0.897 bits per heavy atom. The fourth-order valence-corrected chi connectivity index (χ4v) is 5.07. The third kappa shape index (κ3) is 5.81. The van der Waals surface area contributed by atoms with E-state index in [1.165, 1.54) is 12.0 Å². The Labute approximate surface area is 230 Å². The van der Waals surface area contributed by atoms with Crippen LogP contribution < -0.4 is 14.2 Å². The van der Waals surface area contributed by atoms with Gasteiger partial charge in [-0.15, -0.1) is 0 Å². The van der Waals surface area contributed by atoms with Gasteiger partial charge in [0, 0.05) is 5.39 Å². The molecule has 0 aliphatic carbocycles. The first kappa shape index (κ1) is 26.1. The molecule has 1 heterocycles. The van der Waals surface area contributed by atoms with Gasteiger partial charge in [-0.25, -0.2) is 4.79 Å². The van der Waals surface area contributed by atoms with E-state index in [4.69, 9.17) is 14.2 Å². The van der Waals surface area contributed by atoms with Crippen molar-refractivity contribution in [1.82, 2.24) is 4.90 Å². The number of esters is 1. The number of aryl methyl sites for hydroxylation is 1. The molecule has 0 spiro atoms. The highest BCUT2D eigenvalue weighted by atomic mass is 32.2. The average molecular weight is 540 g/mol. The summed E-state index contributed by atoms with van der Waals surface area (Å²) in [6.07, 6.45) is 1.62. The van der Waals surface area contributed by atoms with Gasteiger partial charge in [-0.2, -0.15) is 0 Å². The maximum Gasteiger partial charge on any atom is 0.343 e. The minimum atomic E-state index is -0.503. The van der Waals surface area contributed by atoms with Gasteiger partial charge < -0.3 is 14.2 Å². The third-order valence-electron chi connectivity index (χ3n) is 6.14. The van der Waals surface area contributed by atoms with Crippen molar-refractivity contribution in [3.63, 3.8) is 0 Å². The molecule has 196 valence electrons. The van der Waals surface area contributed by atoms with Gasteiger partial charge in [0.15, 0.2) is 11.5 Å². The van der Waals surface area contributed by atoms with E-state index < -0.39 is 5.97 Å². The molecule has 0 aromatic heterocycles. The number of fused-ring (bicyclic) bond motifs is 1. The largest absolute Gasteiger partial charge is 0.493 e. The van der Waals surface area contributed by atoms with E-state index in [2.05, 4.69) is 0 Å². The summed E-state index contributed by atoms with van der Waals surface area (Å²) in [6, 6.07) is 25.7. The van der Waals surface area contributed by atoms with Gasteiger partial charge in [-0.3, -0.25) is 14.5 Å². The first-order valence-electron chi connectivity index (χ1n) is 12.3. The highest BCUT2D eigenvalue weighted by molar-refractivity contribution is 8.18. The van der Waals surface area contributed by atoms with Gasteiger partial charge in [0.1, 0.15) is 12.4 Å². The predicted molar refractivity (Wildman–Crippen MR) is 151 cm³/mol. The van der Waals surface area contributed by atoms with Crippen LogP contribution in [0.2, 0.25) is 0 Å². The number of hydrogen-bond donors (Lipinski definition) is 0. The summed E-state index contributed by atoms with van der Waals surface area (Å²) >= 11 is 0.869. The number of amides is 2. The van der Waals surface area contributed by atoms with Gasteiger partial charge in [0.05, 0.1) is 24.1 Å². The van der Waals surface area contributed by atoms with Crippen LogP contribution in [-0.2, 0) is 4.79 Å². The lowest BCUT2D eigenvalue weighted by molar-refractivity contribution is -0.123. The third-order valence-corrected chi connectivity index (χ3v) is 7.04. The van der Waals surface area contributed by atoms with Gasteiger partial charge in [0.25, 0.3) is 11.1 Å². The van der Waals surface area contributed by atoms with Crippen LogP contribution in [0.4, 0.5) is 4.79 Å². The van der Waals surface area contributed by atoms with Crippen LogP contribution in [0.25, 0.3) is 16.8 Å². The first-order chi connectivity index (χ1) is 18.9. The molecule has 0 N–H and O–H groups in total. The number of methoxy groups -OCH3 is 1. The van der Waals surface area contributed by atoms with Crippen molar-refractivity contribution in [3.8, 4) is 17.2 Å². The predicted octanol–water partition coefficient (Wildman–Crippen LogP) is 6.49. The number of nitrogens with zero attached hydrogens (tertiary/aromatic N) is 1. The van der Waals surface area contributed by atoms with Crippen LogP contribution in [-0.4, -0.2) is 42.3 Å². The molecule has 5 rings (SSSR count). The van der Waals surface area contributed by atoms with Crippen LogP contribution in [0.3, 0.4) is 0 Å². The van der Waals surface area contributed by atoms with E-state index >= 15 is 0 Å². The summed E-state index contributed by atoms with van der Waals surface area (Å²) < 4.78 is 16.9. The van der Waals surface area contributed by atoms with Crippen LogP contribution in [0, 0.1) is 6.92 Å². The molecule has 8 heteroatoms. The smallest absolute Gasteiger partial charge is 0.343 e. The molecule has 0 unspecified atom stereocenters. The maximum atomic E-state index is 13.0. The van der Waals surface area contributed by atoms with Crippen molar-refractivity contribution in [2.24, 2.45) is 0 Å². The minimum Gasteiger partial charge on any atom is -0.493 e. The van der Waals surface area contributed by atoms with E-state index in [1.54, 1.807) is 42.5 Å². The lowest BCUT2D eigenvalue weighted by Gasteiger charge is -2.14. The van der Waals surface area contributed by atoms with Crippen LogP contribution in [0.1, 0.15) is 21.5 Å². The number of carbonyl (C=O) groups excluding carboxylic acids is 3. The van der Waals surface area contributed by atoms with Crippen molar-refractivity contribution in [3.05, 3.63) is 107 Å². The molecule has 2 amide bonds. The number of ether oxygens (including phenoxy) is 3. The number of benzene rings is 4. The summed E-state index contributed by atoms with van der Waals surface area (Å²) in [7, 11) is 1.47. The SMILES string of the molecule is COc1cc(/C=C2\SC(=O)N(CCOc3cccc4ccccc34)C2=O)ccc1OC(=O)c1cccc(C)c1. The summed E-state index contributed by atoms with van der Waals surface area (Å²) in [5, 5.41) is 1.66. The highest BCUT2D eigenvalue weighted by Crippen LogP contribution is 2.35. The summed E-state index contributed by atoms with van der Waals surface area (Å²) in [4.78, 5) is 39.6. The molecular weight excluding hydrogens is 514 g/mol. The lowest BCUT2D eigenvalue weighted by atomic mass is 10.1. The molecular formula is C31H25NO6S. The summed E-state index contributed by atoms with van der Waals surface area (Å²) in [6.45, 7) is 2.20. The molecule has 7 nitrogen and oxygen atoms in total. The highest BCUT2D eigenvalue weighted by Gasteiger charge is 2.35. The molecule has 0 radical (unpaired) electrons. The van der Waals surface area contributed by atoms with Gasteiger partial charge in [0.2, 0.25) is 0 Å². The molecule has 1 aliphatic heterocycles. The number of rotatable bonds is 8. The van der Waals surface area contributed by atoms with Crippen molar-refractivity contribution >= 4 is 45.7 Å². The van der Waals surface area contributed by atoms with Gasteiger partial charge >= 0.3 is 5.97 Å². The fourth-order valence-electron chi connectivity index (χ4n) is 4.20. The Kier molecular flexibility index (Phi) is 7.65. The zero-order valence-corrected chi connectivity index (χ0v) is 22.2. The Morgan fingerprint density at radius 2 is 1.69 bits per heavy atom.